The number of carbonyl (C=O) groups is 1. The van der Waals surface area contributed by atoms with Crippen molar-refractivity contribution < 1.29 is 14.3 Å². The lowest BCUT2D eigenvalue weighted by Gasteiger charge is -2.32. The molecule has 0 radical (unpaired) electrons. The minimum atomic E-state index is -0.0700. The first-order chi connectivity index (χ1) is 9.15. The Bertz CT molecular complexity index is 473. The number of halogens is 2. The van der Waals surface area contributed by atoms with E-state index in [4.69, 9.17) is 15.2 Å². The predicted molar refractivity (Wildman–Crippen MR) is 82.6 cm³/mol. The molecule has 1 fully saturated rings. The fourth-order valence-corrected chi connectivity index (χ4v) is 2.57. The number of nitrogens with two attached hydrogens (primary N) is 1. The van der Waals surface area contributed by atoms with Crippen LogP contribution in [0.5, 0.6) is 5.75 Å². The fraction of sp³-hybridized carbons (Fsp3) is 0.462. The number of amides is 1. The third-order valence-corrected chi connectivity index (χ3v) is 3.71. The minimum absolute atomic E-state index is 0. The van der Waals surface area contributed by atoms with Crippen molar-refractivity contribution in [2.75, 3.05) is 33.4 Å². The Morgan fingerprint density at radius 1 is 1.60 bits per heavy atom. The van der Waals surface area contributed by atoms with E-state index in [9.17, 15) is 4.79 Å². The number of hydrogen-bond acceptors (Lipinski definition) is 4. The molecule has 1 aromatic carbocycles. The second kappa shape index (κ2) is 7.83. The van der Waals surface area contributed by atoms with Crippen LogP contribution in [0.1, 0.15) is 10.4 Å². The van der Waals surface area contributed by atoms with Crippen LogP contribution in [0.25, 0.3) is 0 Å². The van der Waals surface area contributed by atoms with Crippen LogP contribution in [-0.4, -0.2) is 50.3 Å². The summed E-state index contributed by atoms with van der Waals surface area (Å²) in [4.78, 5) is 14.2. The van der Waals surface area contributed by atoms with E-state index in [1.54, 1.807) is 30.2 Å². The Balaban J connectivity index is 0.00000200. The topological polar surface area (TPSA) is 64.8 Å². The number of carbonyl (C=O) groups excluding carboxylic acids is 1. The van der Waals surface area contributed by atoms with Crippen LogP contribution in [0, 0.1) is 0 Å². The van der Waals surface area contributed by atoms with Gasteiger partial charge in [0.05, 0.1) is 24.3 Å². The van der Waals surface area contributed by atoms with Gasteiger partial charge < -0.3 is 20.1 Å². The molecular formula is C13H18BrClN2O3. The monoisotopic (exact) mass is 364 g/mol. The van der Waals surface area contributed by atoms with E-state index in [1.807, 2.05) is 0 Å². The van der Waals surface area contributed by atoms with Gasteiger partial charge in [-0.15, -0.1) is 12.4 Å². The van der Waals surface area contributed by atoms with Gasteiger partial charge in [-0.3, -0.25) is 4.79 Å². The standard InChI is InChI=1S/C13H17BrN2O3.ClH/c1-18-12-3-2-9(6-11(12)14)13(17)16-4-5-19-10(7-15)8-16;/h2-3,6,10H,4-5,7-8,15H2,1H3;1H. The zero-order chi connectivity index (χ0) is 13.8. The van der Waals surface area contributed by atoms with E-state index in [2.05, 4.69) is 15.9 Å². The molecule has 2 N–H and O–H groups in total. The Hall–Kier alpha value is -0.820. The van der Waals surface area contributed by atoms with Crippen LogP contribution in [0.15, 0.2) is 22.7 Å². The van der Waals surface area contributed by atoms with Crippen LogP contribution in [0.2, 0.25) is 0 Å². The van der Waals surface area contributed by atoms with E-state index in [0.717, 1.165) is 4.47 Å². The van der Waals surface area contributed by atoms with Gasteiger partial charge in [-0.25, -0.2) is 0 Å². The molecule has 0 aromatic heterocycles. The van der Waals surface area contributed by atoms with Crippen molar-refractivity contribution >= 4 is 34.2 Å². The summed E-state index contributed by atoms with van der Waals surface area (Å²) in [6, 6.07) is 5.31. The second-order valence-electron chi connectivity index (χ2n) is 4.33. The van der Waals surface area contributed by atoms with Gasteiger partial charge in [-0.1, -0.05) is 0 Å². The van der Waals surface area contributed by atoms with Crippen LogP contribution in [-0.2, 0) is 4.74 Å². The Kier molecular flexibility index (Phi) is 6.75. The van der Waals surface area contributed by atoms with Gasteiger partial charge >= 0.3 is 0 Å². The van der Waals surface area contributed by atoms with Gasteiger partial charge in [-0.2, -0.15) is 0 Å². The first-order valence-corrected chi connectivity index (χ1v) is 6.89. The maximum atomic E-state index is 12.4. The van der Waals surface area contributed by atoms with Gasteiger partial charge in [-0.05, 0) is 34.1 Å². The highest BCUT2D eigenvalue weighted by Gasteiger charge is 2.24. The van der Waals surface area contributed by atoms with Crippen molar-refractivity contribution in [1.29, 1.82) is 0 Å². The molecule has 0 saturated carbocycles. The van der Waals surface area contributed by atoms with Crippen LogP contribution < -0.4 is 10.5 Å². The van der Waals surface area contributed by atoms with Crippen molar-refractivity contribution in [2.45, 2.75) is 6.10 Å². The Morgan fingerprint density at radius 3 is 2.95 bits per heavy atom. The van der Waals surface area contributed by atoms with Crippen molar-refractivity contribution in [2.24, 2.45) is 5.73 Å². The molecule has 1 unspecified atom stereocenters. The number of ether oxygens (including phenoxy) is 2. The molecule has 2 rings (SSSR count). The van der Waals surface area contributed by atoms with Crippen LogP contribution in [0.4, 0.5) is 0 Å². The highest BCUT2D eigenvalue weighted by molar-refractivity contribution is 9.10. The molecule has 1 atom stereocenters. The molecule has 1 saturated heterocycles. The fourth-order valence-electron chi connectivity index (χ4n) is 2.03. The quantitative estimate of drug-likeness (QED) is 0.885. The van der Waals surface area contributed by atoms with Crippen molar-refractivity contribution in [1.82, 2.24) is 4.90 Å². The average Bonchev–Trinajstić information content (AvgIpc) is 2.46. The summed E-state index contributed by atoms with van der Waals surface area (Å²) in [5, 5.41) is 0. The lowest BCUT2D eigenvalue weighted by Crippen LogP contribution is -2.48. The molecule has 1 amide bonds. The molecule has 0 spiro atoms. The number of rotatable bonds is 3. The number of benzene rings is 1. The smallest absolute Gasteiger partial charge is 0.254 e. The largest absolute Gasteiger partial charge is 0.496 e. The molecule has 7 heteroatoms. The van der Waals surface area contributed by atoms with Gasteiger partial charge in [0.25, 0.3) is 5.91 Å². The third kappa shape index (κ3) is 3.85. The van der Waals surface area contributed by atoms with E-state index < -0.39 is 0 Å². The normalized spacial score (nSPS) is 18.4. The van der Waals surface area contributed by atoms with E-state index >= 15 is 0 Å². The molecule has 1 aliphatic heterocycles. The summed E-state index contributed by atoms with van der Waals surface area (Å²) in [6.07, 6.45) is -0.0700. The van der Waals surface area contributed by atoms with Crippen molar-refractivity contribution in [3.8, 4) is 5.75 Å². The molecule has 5 nitrogen and oxygen atoms in total. The summed E-state index contributed by atoms with van der Waals surface area (Å²) in [5.41, 5.74) is 6.21. The van der Waals surface area contributed by atoms with Gasteiger partial charge in [0.2, 0.25) is 0 Å². The van der Waals surface area contributed by atoms with E-state index in [1.165, 1.54) is 0 Å². The minimum Gasteiger partial charge on any atom is -0.496 e. The maximum absolute atomic E-state index is 12.4. The first-order valence-electron chi connectivity index (χ1n) is 6.10. The summed E-state index contributed by atoms with van der Waals surface area (Å²) in [7, 11) is 1.59. The van der Waals surface area contributed by atoms with Crippen molar-refractivity contribution in [3.05, 3.63) is 28.2 Å². The number of methoxy groups -OCH3 is 1. The maximum Gasteiger partial charge on any atom is 0.254 e. The lowest BCUT2D eigenvalue weighted by atomic mass is 10.1. The predicted octanol–water partition coefficient (Wildman–Crippen LogP) is 1.68. The van der Waals surface area contributed by atoms with Crippen LogP contribution >= 0.6 is 28.3 Å². The highest BCUT2D eigenvalue weighted by atomic mass is 79.9. The number of nitrogens with zero attached hydrogens (tertiary/aromatic N) is 1. The zero-order valence-corrected chi connectivity index (χ0v) is 13.6. The lowest BCUT2D eigenvalue weighted by molar-refractivity contribution is -0.0167. The summed E-state index contributed by atoms with van der Waals surface area (Å²) < 4.78 is 11.4. The summed E-state index contributed by atoms with van der Waals surface area (Å²) in [6.45, 7) is 2.10. The highest BCUT2D eigenvalue weighted by Crippen LogP contribution is 2.26. The molecule has 1 aromatic rings. The van der Waals surface area contributed by atoms with Gasteiger partial charge in [0.15, 0.2) is 0 Å². The summed E-state index contributed by atoms with van der Waals surface area (Å²) >= 11 is 3.38. The van der Waals surface area contributed by atoms with Crippen LogP contribution in [0.3, 0.4) is 0 Å². The Morgan fingerprint density at radius 2 is 2.35 bits per heavy atom. The van der Waals surface area contributed by atoms with Gasteiger partial charge in [0.1, 0.15) is 5.75 Å². The van der Waals surface area contributed by atoms with E-state index in [-0.39, 0.29) is 24.4 Å². The van der Waals surface area contributed by atoms with E-state index in [0.29, 0.717) is 37.6 Å². The molecule has 112 valence electrons. The molecule has 0 bridgehead atoms. The summed E-state index contributed by atoms with van der Waals surface area (Å²) in [5.74, 6) is 0.698. The van der Waals surface area contributed by atoms with Gasteiger partial charge in [0, 0.05) is 25.2 Å². The average molecular weight is 366 g/mol. The zero-order valence-electron chi connectivity index (χ0n) is 11.2. The number of morpholine rings is 1. The molecule has 0 aliphatic carbocycles. The Labute approximate surface area is 132 Å². The first kappa shape index (κ1) is 17.2. The number of hydrogen-bond donors (Lipinski definition) is 1. The molecular weight excluding hydrogens is 348 g/mol. The molecule has 1 heterocycles. The third-order valence-electron chi connectivity index (χ3n) is 3.09. The molecule has 20 heavy (non-hydrogen) atoms. The molecule has 1 aliphatic rings. The van der Waals surface area contributed by atoms with Crippen molar-refractivity contribution in [3.63, 3.8) is 0 Å². The second-order valence-corrected chi connectivity index (χ2v) is 5.18. The SMILES string of the molecule is COc1ccc(C(=O)N2CCOC(CN)C2)cc1Br.Cl.